The SMILES string of the molecule is C[C@@H](N)c1nc2ccc(F)cc2n1-c1cncc(-c2ccccn2)c1. The lowest BCUT2D eigenvalue weighted by molar-refractivity contribution is 0.629. The number of imidazole rings is 1. The van der Waals surface area contributed by atoms with E-state index in [0.717, 1.165) is 16.9 Å². The lowest BCUT2D eigenvalue weighted by atomic mass is 10.2. The second kappa shape index (κ2) is 6.07. The zero-order chi connectivity index (χ0) is 17.4. The van der Waals surface area contributed by atoms with Crippen molar-refractivity contribution in [3.05, 3.63) is 72.7 Å². The van der Waals surface area contributed by atoms with Crippen LogP contribution in [0.3, 0.4) is 0 Å². The van der Waals surface area contributed by atoms with E-state index in [0.29, 0.717) is 16.9 Å². The predicted octanol–water partition coefficient (Wildman–Crippen LogP) is 3.64. The zero-order valence-electron chi connectivity index (χ0n) is 13.6. The number of hydrogen-bond acceptors (Lipinski definition) is 4. The summed E-state index contributed by atoms with van der Waals surface area (Å²) in [7, 11) is 0. The fourth-order valence-electron chi connectivity index (χ4n) is 2.87. The fourth-order valence-corrected chi connectivity index (χ4v) is 2.87. The van der Waals surface area contributed by atoms with Crippen molar-refractivity contribution in [3.63, 3.8) is 0 Å². The van der Waals surface area contributed by atoms with E-state index in [-0.39, 0.29) is 11.9 Å². The molecule has 1 aromatic carbocycles. The number of nitrogens with zero attached hydrogens (tertiary/aromatic N) is 4. The molecule has 1 atom stereocenters. The van der Waals surface area contributed by atoms with Gasteiger partial charge in [-0.25, -0.2) is 9.37 Å². The quantitative estimate of drug-likeness (QED) is 0.621. The Morgan fingerprint density at radius 3 is 2.76 bits per heavy atom. The smallest absolute Gasteiger partial charge is 0.131 e. The van der Waals surface area contributed by atoms with Crippen LogP contribution in [0.1, 0.15) is 18.8 Å². The van der Waals surface area contributed by atoms with Crippen molar-refractivity contribution in [2.45, 2.75) is 13.0 Å². The first-order valence-corrected chi connectivity index (χ1v) is 7.94. The first kappa shape index (κ1) is 15.4. The Bertz CT molecular complexity index is 1040. The van der Waals surface area contributed by atoms with Crippen molar-refractivity contribution >= 4 is 11.0 Å². The van der Waals surface area contributed by atoms with Gasteiger partial charge in [-0.2, -0.15) is 0 Å². The Balaban J connectivity index is 1.95. The van der Waals surface area contributed by atoms with Crippen molar-refractivity contribution in [3.8, 4) is 16.9 Å². The molecule has 0 unspecified atom stereocenters. The molecular weight excluding hydrogens is 317 g/mol. The molecule has 6 heteroatoms. The summed E-state index contributed by atoms with van der Waals surface area (Å²) in [5.41, 5.74) is 9.89. The third-order valence-corrected chi connectivity index (χ3v) is 3.99. The second-order valence-corrected chi connectivity index (χ2v) is 5.87. The standard InChI is InChI=1S/C19H16FN5/c1-12(21)19-24-17-6-5-14(20)9-18(17)25(19)15-8-13(10-22-11-15)16-4-2-3-7-23-16/h2-12H,21H2,1H3/t12-/m1/s1. The van der Waals surface area contributed by atoms with E-state index in [1.807, 2.05) is 35.8 Å². The molecule has 0 aliphatic heterocycles. The van der Waals surface area contributed by atoms with Crippen LogP contribution in [0, 0.1) is 5.82 Å². The van der Waals surface area contributed by atoms with Crippen LogP contribution in [-0.2, 0) is 0 Å². The molecule has 3 heterocycles. The Labute approximate surface area is 144 Å². The number of nitrogens with two attached hydrogens (primary N) is 1. The summed E-state index contributed by atoms with van der Waals surface area (Å²) in [6, 6.07) is 11.9. The third-order valence-electron chi connectivity index (χ3n) is 3.99. The zero-order valence-corrected chi connectivity index (χ0v) is 13.6. The van der Waals surface area contributed by atoms with E-state index in [4.69, 9.17) is 5.73 Å². The highest BCUT2D eigenvalue weighted by molar-refractivity contribution is 5.79. The van der Waals surface area contributed by atoms with Gasteiger partial charge in [0.05, 0.1) is 34.7 Å². The molecule has 5 nitrogen and oxygen atoms in total. The topological polar surface area (TPSA) is 69.6 Å². The Morgan fingerprint density at radius 1 is 1.12 bits per heavy atom. The van der Waals surface area contributed by atoms with Gasteiger partial charge in [0.15, 0.2) is 0 Å². The molecule has 0 spiro atoms. The normalized spacial score (nSPS) is 12.4. The fraction of sp³-hybridized carbons (Fsp3) is 0.105. The van der Waals surface area contributed by atoms with Crippen molar-refractivity contribution in [1.82, 2.24) is 19.5 Å². The Morgan fingerprint density at radius 2 is 2.00 bits per heavy atom. The van der Waals surface area contributed by atoms with E-state index in [1.54, 1.807) is 24.7 Å². The summed E-state index contributed by atoms with van der Waals surface area (Å²) in [6.45, 7) is 1.85. The van der Waals surface area contributed by atoms with Crippen LogP contribution < -0.4 is 5.73 Å². The van der Waals surface area contributed by atoms with Crippen molar-refractivity contribution < 1.29 is 4.39 Å². The van der Waals surface area contributed by atoms with E-state index in [1.165, 1.54) is 12.1 Å². The monoisotopic (exact) mass is 333 g/mol. The van der Waals surface area contributed by atoms with Crippen LogP contribution in [-0.4, -0.2) is 19.5 Å². The van der Waals surface area contributed by atoms with Gasteiger partial charge in [-0.1, -0.05) is 6.07 Å². The molecular formula is C19H16FN5. The van der Waals surface area contributed by atoms with Crippen molar-refractivity contribution in [1.29, 1.82) is 0 Å². The highest BCUT2D eigenvalue weighted by Gasteiger charge is 2.17. The third kappa shape index (κ3) is 2.77. The molecule has 0 fully saturated rings. The maximum absolute atomic E-state index is 13.8. The molecule has 3 aromatic heterocycles. The van der Waals surface area contributed by atoms with Crippen LogP contribution in [0.5, 0.6) is 0 Å². The maximum Gasteiger partial charge on any atom is 0.131 e. The minimum absolute atomic E-state index is 0.311. The lowest BCUT2D eigenvalue weighted by Crippen LogP contribution is -2.12. The van der Waals surface area contributed by atoms with Gasteiger partial charge in [0.25, 0.3) is 0 Å². The minimum Gasteiger partial charge on any atom is -0.322 e. The summed E-state index contributed by atoms with van der Waals surface area (Å²) < 4.78 is 15.6. The molecule has 2 N–H and O–H groups in total. The van der Waals surface area contributed by atoms with Crippen molar-refractivity contribution in [2.24, 2.45) is 5.73 Å². The van der Waals surface area contributed by atoms with Gasteiger partial charge in [0.1, 0.15) is 11.6 Å². The van der Waals surface area contributed by atoms with Gasteiger partial charge >= 0.3 is 0 Å². The van der Waals surface area contributed by atoms with Crippen LogP contribution in [0.2, 0.25) is 0 Å². The minimum atomic E-state index is -0.321. The van der Waals surface area contributed by atoms with E-state index in [2.05, 4.69) is 15.0 Å². The number of rotatable bonds is 3. The molecule has 0 saturated carbocycles. The van der Waals surface area contributed by atoms with E-state index in [9.17, 15) is 4.39 Å². The van der Waals surface area contributed by atoms with Crippen LogP contribution in [0.25, 0.3) is 28.0 Å². The molecule has 0 radical (unpaired) electrons. The number of halogens is 1. The number of fused-ring (bicyclic) bond motifs is 1. The van der Waals surface area contributed by atoms with Gasteiger partial charge < -0.3 is 5.73 Å². The average Bonchev–Trinajstić information content (AvgIpc) is 3.01. The maximum atomic E-state index is 13.8. The van der Waals surface area contributed by atoms with Gasteiger partial charge in [-0.05, 0) is 37.3 Å². The summed E-state index contributed by atoms with van der Waals surface area (Å²) in [4.78, 5) is 13.2. The van der Waals surface area contributed by atoms with Crippen LogP contribution in [0.4, 0.5) is 4.39 Å². The highest BCUT2D eigenvalue weighted by Crippen LogP contribution is 2.27. The summed E-state index contributed by atoms with van der Waals surface area (Å²) in [6.07, 6.45) is 5.19. The molecule has 0 aliphatic rings. The van der Waals surface area contributed by atoms with E-state index >= 15 is 0 Å². The van der Waals surface area contributed by atoms with Gasteiger partial charge in [0, 0.05) is 24.0 Å². The molecule has 0 aliphatic carbocycles. The number of pyridine rings is 2. The predicted molar refractivity (Wildman–Crippen MR) is 94.7 cm³/mol. The Kier molecular flexibility index (Phi) is 3.74. The average molecular weight is 333 g/mol. The summed E-state index contributed by atoms with van der Waals surface area (Å²) in [5, 5.41) is 0. The van der Waals surface area contributed by atoms with Gasteiger partial charge in [0.2, 0.25) is 0 Å². The van der Waals surface area contributed by atoms with Crippen LogP contribution in [0.15, 0.2) is 61.1 Å². The van der Waals surface area contributed by atoms with Gasteiger partial charge in [-0.15, -0.1) is 0 Å². The number of aromatic nitrogens is 4. The highest BCUT2D eigenvalue weighted by atomic mass is 19.1. The summed E-state index contributed by atoms with van der Waals surface area (Å²) in [5.74, 6) is 0.333. The molecule has 4 rings (SSSR count). The first-order chi connectivity index (χ1) is 12.1. The molecule has 0 bridgehead atoms. The lowest BCUT2D eigenvalue weighted by Gasteiger charge is -2.12. The molecule has 0 saturated heterocycles. The summed E-state index contributed by atoms with van der Waals surface area (Å²) >= 11 is 0. The first-order valence-electron chi connectivity index (χ1n) is 7.94. The number of benzene rings is 1. The largest absolute Gasteiger partial charge is 0.322 e. The molecule has 4 aromatic rings. The molecule has 25 heavy (non-hydrogen) atoms. The van der Waals surface area contributed by atoms with Gasteiger partial charge in [-0.3, -0.25) is 14.5 Å². The van der Waals surface area contributed by atoms with E-state index < -0.39 is 0 Å². The Hall–Kier alpha value is -3.12. The number of hydrogen-bond donors (Lipinski definition) is 1. The second-order valence-electron chi connectivity index (χ2n) is 5.87. The van der Waals surface area contributed by atoms with Crippen molar-refractivity contribution in [2.75, 3.05) is 0 Å². The van der Waals surface area contributed by atoms with Crippen LogP contribution >= 0.6 is 0 Å². The molecule has 0 amide bonds. The molecule has 124 valence electrons.